The van der Waals surface area contributed by atoms with Crippen molar-refractivity contribution in [3.05, 3.63) is 35.7 Å². The molecule has 1 aliphatic carbocycles. The van der Waals surface area contributed by atoms with Crippen LogP contribution in [0.25, 0.3) is 22.3 Å². The summed E-state index contributed by atoms with van der Waals surface area (Å²) in [5.74, 6) is 0. The number of aliphatic hydroxyl groups excluding tert-OH is 1. The van der Waals surface area contributed by atoms with E-state index in [1.807, 2.05) is 16.8 Å². The second-order valence-electron chi connectivity index (χ2n) is 6.47. The molecule has 3 aromatic rings. The van der Waals surface area contributed by atoms with Crippen LogP contribution in [0.4, 0.5) is 5.69 Å². The molecule has 1 fully saturated rings. The summed E-state index contributed by atoms with van der Waals surface area (Å²) in [6.07, 6.45) is 5.44. The van der Waals surface area contributed by atoms with Crippen molar-refractivity contribution in [2.45, 2.75) is 37.8 Å². The van der Waals surface area contributed by atoms with Gasteiger partial charge in [0.05, 0.1) is 29.4 Å². The van der Waals surface area contributed by atoms with Gasteiger partial charge in [-0.1, -0.05) is 12.1 Å². The Balaban J connectivity index is 1.75. The summed E-state index contributed by atoms with van der Waals surface area (Å²) < 4.78 is 1.90. The summed E-state index contributed by atoms with van der Waals surface area (Å²) in [7, 11) is 0. The van der Waals surface area contributed by atoms with E-state index in [1.54, 1.807) is 18.3 Å². The zero-order chi connectivity index (χ0) is 18.1. The van der Waals surface area contributed by atoms with Gasteiger partial charge >= 0.3 is 0 Å². The smallest absolute Gasteiger partial charge is 0.225 e. The van der Waals surface area contributed by atoms with Gasteiger partial charge in [0.15, 0.2) is 5.65 Å². The van der Waals surface area contributed by atoms with Gasteiger partial charge in [0, 0.05) is 11.3 Å². The Hall–Kier alpha value is -2.51. The molecule has 0 saturated heterocycles. The minimum Gasteiger partial charge on any atom is -0.393 e. The molecule has 1 saturated carbocycles. The molecule has 2 heterocycles. The summed E-state index contributed by atoms with van der Waals surface area (Å²) >= 11 is 6.18. The molecule has 0 aliphatic heterocycles. The number of carbonyl (C=O) groups excluding carboxylic acids is 1. The number of benzene rings is 1. The van der Waals surface area contributed by atoms with Gasteiger partial charge in [-0.3, -0.25) is 4.79 Å². The number of hydrogen-bond acceptors (Lipinski definition) is 5. The Morgan fingerprint density at radius 1 is 1.15 bits per heavy atom. The van der Waals surface area contributed by atoms with E-state index in [0.29, 0.717) is 23.4 Å². The predicted octanol–water partition coefficient (Wildman–Crippen LogP) is 3.19. The van der Waals surface area contributed by atoms with E-state index < -0.39 is 0 Å². The third kappa shape index (κ3) is 3.15. The number of fused-ring (bicyclic) bond motifs is 1. The van der Waals surface area contributed by atoms with E-state index in [0.717, 1.165) is 36.6 Å². The Morgan fingerprint density at radius 2 is 1.88 bits per heavy atom. The van der Waals surface area contributed by atoms with Gasteiger partial charge in [0.2, 0.25) is 11.7 Å². The lowest BCUT2D eigenvalue weighted by atomic mass is 9.93. The van der Waals surface area contributed by atoms with Crippen LogP contribution in [-0.2, 0) is 4.79 Å². The molecule has 1 aromatic carbocycles. The zero-order valence-corrected chi connectivity index (χ0v) is 14.7. The number of halogens is 1. The molecule has 0 spiro atoms. The first kappa shape index (κ1) is 16.9. The molecule has 1 amide bonds. The fourth-order valence-corrected chi connectivity index (χ4v) is 3.65. The lowest BCUT2D eigenvalue weighted by Gasteiger charge is -2.25. The summed E-state index contributed by atoms with van der Waals surface area (Å²) in [4.78, 5) is 19.3. The highest BCUT2D eigenvalue weighted by atomic mass is 35.5. The first-order valence-corrected chi connectivity index (χ1v) is 8.93. The molecule has 0 bridgehead atoms. The largest absolute Gasteiger partial charge is 0.393 e. The van der Waals surface area contributed by atoms with Crippen LogP contribution in [0.3, 0.4) is 0 Å². The van der Waals surface area contributed by atoms with Crippen LogP contribution in [0.2, 0.25) is 5.28 Å². The maximum Gasteiger partial charge on any atom is 0.225 e. The van der Waals surface area contributed by atoms with Gasteiger partial charge < -0.3 is 10.4 Å². The molecule has 0 radical (unpaired) electrons. The van der Waals surface area contributed by atoms with Gasteiger partial charge in [0.1, 0.15) is 0 Å². The topological polar surface area (TPSA) is 92.9 Å². The molecule has 8 heteroatoms. The fourth-order valence-electron chi connectivity index (χ4n) is 3.48. The molecule has 7 nitrogen and oxygen atoms in total. The number of nitrogens with one attached hydrogen (secondary N) is 1. The van der Waals surface area contributed by atoms with E-state index in [9.17, 15) is 9.90 Å². The first-order valence-electron chi connectivity index (χ1n) is 8.55. The molecule has 26 heavy (non-hydrogen) atoms. The molecule has 0 atom stereocenters. The molecular weight excluding hydrogens is 354 g/mol. The number of rotatable bonds is 4. The van der Waals surface area contributed by atoms with E-state index in [-0.39, 0.29) is 17.4 Å². The number of aromatic nitrogens is 4. The lowest BCUT2D eigenvalue weighted by molar-refractivity contribution is -0.105. The van der Waals surface area contributed by atoms with Gasteiger partial charge in [-0.05, 0) is 49.4 Å². The standard InChI is InChI=1S/C18H18ClN5O2/c19-18-22-16(11-1-3-12(4-2-11)20-10-25)15-9-21-24(17(15)23-18)13-5-7-14(26)8-6-13/h1-4,9-10,13-14,26H,5-8H2,(H,20,25). The van der Waals surface area contributed by atoms with E-state index in [4.69, 9.17) is 11.6 Å². The molecule has 4 rings (SSSR count). The third-order valence-electron chi connectivity index (χ3n) is 4.82. The normalized spacial score (nSPS) is 20.2. The fraction of sp³-hybridized carbons (Fsp3) is 0.333. The zero-order valence-electron chi connectivity index (χ0n) is 14.0. The summed E-state index contributed by atoms with van der Waals surface area (Å²) in [6, 6.07) is 7.56. The second-order valence-corrected chi connectivity index (χ2v) is 6.81. The highest BCUT2D eigenvalue weighted by Crippen LogP contribution is 2.33. The second kappa shape index (κ2) is 7.01. The average molecular weight is 372 g/mol. The van der Waals surface area contributed by atoms with Gasteiger partial charge in [-0.25, -0.2) is 9.67 Å². The van der Waals surface area contributed by atoms with Crippen molar-refractivity contribution in [3.8, 4) is 11.3 Å². The van der Waals surface area contributed by atoms with Crippen LogP contribution in [0.15, 0.2) is 30.5 Å². The first-order chi connectivity index (χ1) is 12.7. The minimum atomic E-state index is -0.222. The van der Waals surface area contributed by atoms with Gasteiger partial charge in [-0.15, -0.1) is 0 Å². The third-order valence-corrected chi connectivity index (χ3v) is 4.99. The van der Waals surface area contributed by atoms with E-state index >= 15 is 0 Å². The van der Waals surface area contributed by atoms with Crippen LogP contribution in [-0.4, -0.2) is 37.4 Å². The summed E-state index contributed by atoms with van der Waals surface area (Å²) in [5, 5.41) is 17.9. The predicted molar refractivity (Wildman–Crippen MR) is 99.0 cm³/mol. The van der Waals surface area contributed by atoms with Gasteiger partial charge in [0.25, 0.3) is 0 Å². The number of aliphatic hydroxyl groups is 1. The lowest BCUT2D eigenvalue weighted by Crippen LogP contribution is -2.22. The van der Waals surface area contributed by atoms with Crippen molar-refractivity contribution in [1.29, 1.82) is 0 Å². The van der Waals surface area contributed by atoms with Crippen molar-refractivity contribution in [1.82, 2.24) is 19.7 Å². The Labute approximate surface area is 155 Å². The van der Waals surface area contributed by atoms with E-state index in [2.05, 4.69) is 20.4 Å². The van der Waals surface area contributed by atoms with Crippen molar-refractivity contribution in [2.75, 3.05) is 5.32 Å². The quantitative estimate of drug-likeness (QED) is 0.542. The van der Waals surface area contributed by atoms with Crippen LogP contribution >= 0.6 is 11.6 Å². The maximum atomic E-state index is 10.5. The molecule has 1 aliphatic rings. The molecule has 134 valence electrons. The van der Waals surface area contributed by atoms with Gasteiger partial charge in [-0.2, -0.15) is 10.1 Å². The summed E-state index contributed by atoms with van der Waals surface area (Å²) in [5.41, 5.74) is 2.99. The Morgan fingerprint density at radius 3 is 2.58 bits per heavy atom. The number of amides is 1. The highest BCUT2D eigenvalue weighted by molar-refractivity contribution is 6.28. The molecule has 0 unspecified atom stereocenters. The average Bonchev–Trinajstić information content (AvgIpc) is 3.06. The summed E-state index contributed by atoms with van der Waals surface area (Å²) in [6.45, 7) is 0. The number of nitrogens with zero attached hydrogens (tertiary/aromatic N) is 4. The Bertz CT molecular complexity index is 933. The van der Waals surface area contributed by atoms with Crippen molar-refractivity contribution in [2.24, 2.45) is 0 Å². The maximum absolute atomic E-state index is 10.5. The van der Waals surface area contributed by atoms with Crippen LogP contribution < -0.4 is 5.32 Å². The molecule has 2 aromatic heterocycles. The van der Waals surface area contributed by atoms with Crippen LogP contribution in [0, 0.1) is 0 Å². The minimum absolute atomic E-state index is 0.167. The molecular formula is C18H18ClN5O2. The Kier molecular flexibility index (Phi) is 4.57. The van der Waals surface area contributed by atoms with Crippen molar-refractivity contribution < 1.29 is 9.90 Å². The van der Waals surface area contributed by atoms with Crippen molar-refractivity contribution >= 4 is 34.7 Å². The number of anilines is 1. The van der Waals surface area contributed by atoms with E-state index in [1.165, 1.54) is 0 Å². The van der Waals surface area contributed by atoms with Crippen LogP contribution in [0.5, 0.6) is 0 Å². The monoisotopic (exact) mass is 371 g/mol. The van der Waals surface area contributed by atoms with Crippen LogP contribution in [0.1, 0.15) is 31.7 Å². The SMILES string of the molecule is O=CNc1ccc(-c2nc(Cl)nc3c2cnn3C2CCC(O)CC2)cc1. The number of carbonyl (C=O) groups is 1. The molecule has 2 N–H and O–H groups in total. The van der Waals surface area contributed by atoms with Crippen molar-refractivity contribution in [3.63, 3.8) is 0 Å². The number of hydrogen-bond donors (Lipinski definition) is 2. The highest BCUT2D eigenvalue weighted by Gasteiger charge is 2.24.